The minimum absolute atomic E-state index is 0.530. The standard InChI is InChI=1S/C20H16N4OS/c1-3-12-26-20-23-22-19(17-13-21-18-7-5-4-6-16(17)18)24(20)14-8-10-15(25-2)11-9-14/h1,4-11,13,21H,12H2,2H3. The van der Waals surface area contributed by atoms with Crippen LogP contribution in [0.3, 0.4) is 0 Å². The highest BCUT2D eigenvalue weighted by atomic mass is 32.2. The zero-order valence-electron chi connectivity index (χ0n) is 14.1. The Morgan fingerprint density at radius 1 is 1.15 bits per heavy atom. The Morgan fingerprint density at radius 3 is 2.73 bits per heavy atom. The van der Waals surface area contributed by atoms with Crippen LogP contribution in [-0.2, 0) is 0 Å². The molecule has 0 amide bonds. The summed E-state index contributed by atoms with van der Waals surface area (Å²) >= 11 is 1.49. The van der Waals surface area contributed by atoms with E-state index in [2.05, 4.69) is 27.2 Å². The van der Waals surface area contributed by atoms with Crippen LogP contribution in [0.2, 0.25) is 0 Å². The monoisotopic (exact) mass is 360 g/mol. The Balaban J connectivity index is 1.89. The summed E-state index contributed by atoms with van der Waals surface area (Å²) in [6.45, 7) is 0. The SMILES string of the molecule is C#CCSc1nnc(-c2c[nH]c3ccccc23)n1-c1ccc(OC)cc1. The Bertz CT molecular complexity index is 1090. The summed E-state index contributed by atoms with van der Waals surface area (Å²) in [5.74, 6) is 4.74. The zero-order valence-corrected chi connectivity index (χ0v) is 15.0. The van der Waals surface area contributed by atoms with Crippen LogP contribution < -0.4 is 4.74 Å². The summed E-state index contributed by atoms with van der Waals surface area (Å²) in [6.07, 6.45) is 7.39. The molecule has 6 heteroatoms. The van der Waals surface area contributed by atoms with Gasteiger partial charge in [-0.2, -0.15) is 0 Å². The van der Waals surface area contributed by atoms with Crippen LogP contribution in [0.4, 0.5) is 0 Å². The predicted octanol–water partition coefficient (Wildman–Crippen LogP) is 4.15. The highest BCUT2D eigenvalue weighted by molar-refractivity contribution is 7.99. The first-order chi connectivity index (χ1) is 12.8. The van der Waals surface area contributed by atoms with Crippen molar-refractivity contribution in [3.8, 4) is 35.2 Å². The molecular weight excluding hydrogens is 344 g/mol. The number of methoxy groups -OCH3 is 1. The van der Waals surface area contributed by atoms with Crippen molar-refractivity contribution in [1.82, 2.24) is 19.7 Å². The lowest BCUT2D eigenvalue weighted by Gasteiger charge is -2.10. The predicted molar refractivity (Wildman–Crippen MR) is 105 cm³/mol. The molecule has 2 heterocycles. The van der Waals surface area contributed by atoms with E-state index < -0.39 is 0 Å². The molecule has 4 rings (SSSR count). The normalized spacial score (nSPS) is 10.8. The van der Waals surface area contributed by atoms with E-state index in [1.54, 1.807) is 7.11 Å². The minimum atomic E-state index is 0.530. The number of benzene rings is 2. The number of nitrogens with zero attached hydrogens (tertiary/aromatic N) is 3. The van der Waals surface area contributed by atoms with E-state index in [1.807, 2.05) is 53.2 Å². The number of rotatable bonds is 5. The Hall–Kier alpha value is -3.17. The van der Waals surface area contributed by atoms with Crippen LogP contribution >= 0.6 is 11.8 Å². The van der Waals surface area contributed by atoms with Gasteiger partial charge in [0.05, 0.1) is 18.6 Å². The van der Waals surface area contributed by atoms with Crippen molar-refractivity contribution in [2.75, 3.05) is 12.9 Å². The van der Waals surface area contributed by atoms with Crippen molar-refractivity contribution >= 4 is 22.7 Å². The van der Waals surface area contributed by atoms with E-state index in [4.69, 9.17) is 11.2 Å². The minimum Gasteiger partial charge on any atom is -0.497 e. The fourth-order valence-corrected chi connectivity index (χ4v) is 3.50. The van der Waals surface area contributed by atoms with Crippen LogP contribution in [0.15, 0.2) is 59.9 Å². The summed E-state index contributed by atoms with van der Waals surface area (Å²) in [5.41, 5.74) is 3.01. The van der Waals surface area contributed by atoms with Crippen molar-refractivity contribution in [3.63, 3.8) is 0 Å². The average Bonchev–Trinajstić information content (AvgIpc) is 3.30. The van der Waals surface area contributed by atoms with Gasteiger partial charge in [0.1, 0.15) is 5.75 Å². The number of thioether (sulfide) groups is 1. The molecule has 128 valence electrons. The molecule has 0 saturated carbocycles. The number of nitrogens with one attached hydrogen (secondary N) is 1. The van der Waals surface area contributed by atoms with Crippen LogP contribution in [0, 0.1) is 12.3 Å². The van der Waals surface area contributed by atoms with E-state index >= 15 is 0 Å². The number of aromatic amines is 1. The number of aromatic nitrogens is 4. The van der Waals surface area contributed by atoms with Gasteiger partial charge in [-0.25, -0.2) is 0 Å². The molecule has 4 aromatic rings. The molecule has 2 aromatic heterocycles. The molecule has 0 atom stereocenters. The molecule has 0 aliphatic heterocycles. The van der Waals surface area contributed by atoms with Crippen LogP contribution in [0.25, 0.3) is 28.0 Å². The van der Waals surface area contributed by atoms with Gasteiger partial charge in [0.2, 0.25) is 0 Å². The van der Waals surface area contributed by atoms with Gasteiger partial charge in [-0.15, -0.1) is 16.6 Å². The summed E-state index contributed by atoms with van der Waals surface area (Å²) in [4.78, 5) is 3.30. The molecule has 0 aliphatic carbocycles. The average molecular weight is 360 g/mol. The maximum Gasteiger partial charge on any atom is 0.197 e. The number of hydrogen-bond acceptors (Lipinski definition) is 4. The molecule has 0 saturated heterocycles. The lowest BCUT2D eigenvalue weighted by molar-refractivity contribution is 0.414. The molecular formula is C20H16N4OS. The topological polar surface area (TPSA) is 55.7 Å². The van der Waals surface area contributed by atoms with Crippen LogP contribution in [0.5, 0.6) is 5.75 Å². The van der Waals surface area contributed by atoms with Gasteiger partial charge in [0, 0.05) is 22.7 Å². The smallest absolute Gasteiger partial charge is 0.197 e. The quantitative estimate of drug-likeness (QED) is 0.429. The molecule has 26 heavy (non-hydrogen) atoms. The third-order valence-electron chi connectivity index (χ3n) is 4.08. The third kappa shape index (κ3) is 2.83. The fraction of sp³-hybridized carbons (Fsp3) is 0.100. The van der Waals surface area contributed by atoms with Crippen LogP contribution in [0.1, 0.15) is 0 Å². The lowest BCUT2D eigenvalue weighted by atomic mass is 10.1. The molecule has 0 spiro atoms. The van der Waals surface area contributed by atoms with E-state index in [-0.39, 0.29) is 0 Å². The maximum absolute atomic E-state index is 5.43. The first-order valence-corrected chi connectivity index (χ1v) is 9.03. The van der Waals surface area contributed by atoms with Crippen molar-refractivity contribution in [1.29, 1.82) is 0 Å². The highest BCUT2D eigenvalue weighted by Crippen LogP contribution is 2.32. The Kier molecular flexibility index (Phi) is 4.38. The van der Waals surface area contributed by atoms with E-state index in [1.165, 1.54) is 11.8 Å². The second-order valence-corrected chi connectivity index (χ2v) is 6.52. The van der Waals surface area contributed by atoms with E-state index in [9.17, 15) is 0 Å². The van der Waals surface area contributed by atoms with Crippen LogP contribution in [-0.4, -0.2) is 32.6 Å². The number of terminal acetylenes is 1. The Morgan fingerprint density at radius 2 is 1.96 bits per heavy atom. The molecule has 1 N–H and O–H groups in total. The lowest BCUT2D eigenvalue weighted by Crippen LogP contribution is -1.99. The second-order valence-electron chi connectivity index (χ2n) is 5.58. The van der Waals surface area contributed by atoms with Gasteiger partial charge in [0.25, 0.3) is 0 Å². The van der Waals surface area contributed by atoms with Gasteiger partial charge >= 0.3 is 0 Å². The highest BCUT2D eigenvalue weighted by Gasteiger charge is 2.18. The molecule has 0 fully saturated rings. The fourth-order valence-electron chi connectivity index (χ4n) is 2.86. The number of H-pyrrole nitrogens is 1. The summed E-state index contributed by atoms with van der Waals surface area (Å²) in [6, 6.07) is 15.9. The largest absolute Gasteiger partial charge is 0.497 e. The molecule has 0 aliphatic rings. The molecule has 2 aromatic carbocycles. The Labute approximate surface area is 155 Å². The molecule has 5 nitrogen and oxygen atoms in total. The van der Waals surface area contributed by atoms with Crippen molar-refractivity contribution < 1.29 is 4.74 Å². The van der Waals surface area contributed by atoms with Crippen molar-refractivity contribution in [2.24, 2.45) is 0 Å². The van der Waals surface area contributed by atoms with Gasteiger partial charge in [-0.3, -0.25) is 4.57 Å². The number of fused-ring (bicyclic) bond motifs is 1. The zero-order chi connectivity index (χ0) is 17.9. The number of hydrogen-bond donors (Lipinski definition) is 1. The van der Waals surface area contributed by atoms with Gasteiger partial charge in [-0.1, -0.05) is 35.9 Å². The van der Waals surface area contributed by atoms with Crippen molar-refractivity contribution in [2.45, 2.75) is 5.16 Å². The van der Waals surface area contributed by atoms with E-state index in [0.717, 1.165) is 38.9 Å². The van der Waals surface area contributed by atoms with Gasteiger partial charge in [0.15, 0.2) is 11.0 Å². The second kappa shape index (κ2) is 6.98. The summed E-state index contributed by atoms with van der Waals surface area (Å²) < 4.78 is 7.29. The number of para-hydroxylation sites is 1. The van der Waals surface area contributed by atoms with Crippen molar-refractivity contribution in [3.05, 3.63) is 54.7 Å². The maximum atomic E-state index is 5.43. The van der Waals surface area contributed by atoms with Gasteiger partial charge < -0.3 is 9.72 Å². The number of ether oxygens (including phenoxy) is 1. The first kappa shape index (κ1) is 16.3. The molecule has 0 radical (unpaired) electrons. The summed E-state index contributed by atoms with van der Waals surface area (Å²) in [7, 11) is 1.65. The molecule has 0 bridgehead atoms. The van der Waals surface area contributed by atoms with E-state index in [0.29, 0.717) is 5.75 Å². The molecule has 0 unspecified atom stereocenters. The van der Waals surface area contributed by atoms with Gasteiger partial charge in [-0.05, 0) is 30.3 Å². The third-order valence-corrected chi connectivity index (χ3v) is 4.91. The summed E-state index contributed by atoms with van der Waals surface area (Å²) in [5, 5.41) is 10.7. The first-order valence-electron chi connectivity index (χ1n) is 8.04.